The molecular weight excluding hydrogens is 260 g/mol. The minimum absolute atomic E-state index is 0.610. The fourth-order valence-corrected chi connectivity index (χ4v) is 2.82. The van der Waals surface area contributed by atoms with Crippen LogP contribution in [0.5, 0.6) is 0 Å². The lowest BCUT2D eigenvalue weighted by atomic mass is 9.96. The number of aromatic nitrogens is 1. The highest BCUT2D eigenvalue weighted by molar-refractivity contribution is 5.80. The first kappa shape index (κ1) is 14.4. The molecule has 0 aromatic carbocycles. The molecule has 2 aliphatic rings. The van der Waals surface area contributed by atoms with Gasteiger partial charge >= 0.3 is 0 Å². The van der Waals surface area contributed by atoms with Gasteiger partial charge in [-0.25, -0.2) is 0 Å². The van der Waals surface area contributed by atoms with E-state index in [2.05, 4.69) is 21.7 Å². The van der Waals surface area contributed by atoms with E-state index in [0.717, 1.165) is 24.6 Å². The van der Waals surface area contributed by atoms with Gasteiger partial charge in [-0.05, 0) is 37.8 Å². The Morgan fingerprint density at radius 2 is 1.81 bits per heavy atom. The molecule has 2 N–H and O–H groups in total. The molecule has 114 valence electrons. The van der Waals surface area contributed by atoms with Gasteiger partial charge in [0.25, 0.3) is 0 Å². The normalized spacial score (nSPS) is 20.3. The Balaban J connectivity index is 1.51. The van der Waals surface area contributed by atoms with E-state index in [-0.39, 0.29) is 0 Å². The van der Waals surface area contributed by atoms with E-state index >= 15 is 0 Å². The van der Waals surface area contributed by atoms with Gasteiger partial charge in [0, 0.05) is 36.9 Å². The van der Waals surface area contributed by atoms with Gasteiger partial charge in [0.1, 0.15) is 0 Å². The van der Waals surface area contributed by atoms with Crippen molar-refractivity contribution in [2.75, 3.05) is 6.54 Å². The van der Waals surface area contributed by atoms with Gasteiger partial charge in [-0.15, -0.1) is 0 Å². The maximum absolute atomic E-state index is 4.75. The number of aliphatic imine (C=N–C) groups is 1. The molecule has 4 nitrogen and oxygen atoms in total. The summed E-state index contributed by atoms with van der Waals surface area (Å²) in [4.78, 5) is 9.10. The third kappa shape index (κ3) is 5.03. The van der Waals surface area contributed by atoms with Gasteiger partial charge in [-0.3, -0.25) is 9.98 Å². The first-order valence-electron chi connectivity index (χ1n) is 8.37. The van der Waals surface area contributed by atoms with E-state index in [0.29, 0.717) is 12.1 Å². The second-order valence-corrected chi connectivity index (χ2v) is 6.20. The van der Waals surface area contributed by atoms with Crippen LogP contribution in [0.3, 0.4) is 0 Å². The van der Waals surface area contributed by atoms with Crippen molar-refractivity contribution in [2.24, 2.45) is 4.99 Å². The molecule has 0 aliphatic heterocycles. The molecule has 1 heterocycles. The Kier molecular flexibility index (Phi) is 5.08. The molecule has 0 amide bonds. The van der Waals surface area contributed by atoms with Crippen molar-refractivity contribution >= 4 is 5.96 Å². The number of guanidine groups is 1. The summed E-state index contributed by atoms with van der Waals surface area (Å²) in [5.74, 6) is 1.01. The SMILES string of the molecule is c1ccc(CCN=C(NC2CCCCC2)NC2CC2)nc1. The summed E-state index contributed by atoms with van der Waals surface area (Å²) in [7, 11) is 0. The van der Waals surface area contributed by atoms with Crippen LogP contribution >= 0.6 is 0 Å². The summed E-state index contributed by atoms with van der Waals surface area (Å²) < 4.78 is 0. The first-order chi connectivity index (χ1) is 10.4. The molecule has 4 heteroatoms. The Bertz CT molecular complexity index is 447. The summed E-state index contributed by atoms with van der Waals surface area (Å²) in [6.07, 6.45) is 12.0. The van der Waals surface area contributed by atoms with E-state index in [4.69, 9.17) is 4.99 Å². The zero-order valence-electron chi connectivity index (χ0n) is 12.7. The Hall–Kier alpha value is -1.58. The second kappa shape index (κ2) is 7.43. The van der Waals surface area contributed by atoms with Crippen LogP contribution in [0.15, 0.2) is 29.4 Å². The molecule has 0 saturated heterocycles. The second-order valence-electron chi connectivity index (χ2n) is 6.20. The largest absolute Gasteiger partial charge is 0.354 e. The van der Waals surface area contributed by atoms with E-state index in [9.17, 15) is 0 Å². The Morgan fingerprint density at radius 3 is 2.48 bits per heavy atom. The van der Waals surface area contributed by atoms with Gasteiger partial charge in [0.05, 0.1) is 0 Å². The van der Waals surface area contributed by atoms with Crippen molar-refractivity contribution in [1.29, 1.82) is 0 Å². The van der Waals surface area contributed by atoms with Crippen LogP contribution in [0.2, 0.25) is 0 Å². The summed E-state index contributed by atoms with van der Waals surface area (Å²) in [6.45, 7) is 0.797. The average molecular weight is 286 g/mol. The molecule has 0 spiro atoms. The molecule has 0 radical (unpaired) electrons. The highest BCUT2D eigenvalue weighted by Crippen LogP contribution is 2.20. The number of nitrogens with zero attached hydrogens (tertiary/aromatic N) is 2. The van der Waals surface area contributed by atoms with Gasteiger partial charge in [-0.1, -0.05) is 25.3 Å². The van der Waals surface area contributed by atoms with Crippen molar-refractivity contribution < 1.29 is 0 Å². The molecule has 1 aromatic heterocycles. The molecule has 0 bridgehead atoms. The number of hydrogen-bond acceptors (Lipinski definition) is 2. The van der Waals surface area contributed by atoms with Crippen molar-refractivity contribution in [2.45, 2.75) is 63.5 Å². The smallest absolute Gasteiger partial charge is 0.191 e. The van der Waals surface area contributed by atoms with Gasteiger partial charge in [0.2, 0.25) is 0 Å². The first-order valence-corrected chi connectivity index (χ1v) is 8.37. The molecule has 2 aliphatic carbocycles. The van der Waals surface area contributed by atoms with Gasteiger partial charge in [0.15, 0.2) is 5.96 Å². The summed E-state index contributed by atoms with van der Waals surface area (Å²) in [6, 6.07) is 7.32. The zero-order chi connectivity index (χ0) is 14.3. The zero-order valence-corrected chi connectivity index (χ0v) is 12.7. The van der Waals surface area contributed by atoms with Crippen LogP contribution in [0.1, 0.15) is 50.6 Å². The molecule has 3 rings (SSSR count). The minimum atomic E-state index is 0.610. The monoisotopic (exact) mass is 286 g/mol. The molecular formula is C17H26N4. The van der Waals surface area contributed by atoms with E-state index in [1.54, 1.807) is 0 Å². The van der Waals surface area contributed by atoms with Crippen LogP contribution in [0, 0.1) is 0 Å². The molecule has 2 fully saturated rings. The predicted molar refractivity (Wildman–Crippen MR) is 86.4 cm³/mol. The summed E-state index contributed by atoms with van der Waals surface area (Å²) in [5, 5.41) is 7.18. The van der Waals surface area contributed by atoms with Crippen molar-refractivity contribution in [3.63, 3.8) is 0 Å². The predicted octanol–water partition coefficient (Wildman–Crippen LogP) is 2.65. The Labute approximate surface area is 127 Å². The lowest BCUT2D eigenvalue weighted by Crippen LogP contribution is -2.45. The maximum atomic E-state index is 4.75. The Morgan fingerprint density at radius 1 is 1.05 bits per heavy atom. The maximum Gasteiger partial charge on any atom is 0.191 e. The fourth-order valence-electron chi connectivity index (χ4n) is 2.82. The number of pyridine rings is 1. The molecule has 1 aromatic rings. The highest BCUT2D eigenvalue weighted by Gasteiger charge is 2.23. The number of rotatable bonds is 5. The van der Waals surface area contributed by atoms with Crippen molar-refractivity contribution in [1.82, 2.24) is 15.6 Å². The lowest BCUT2D eigenvalue weighted by molar-refractivity contribution is 0.409. The average Bonchev–Trinajstić information content (AvgIpc) is 3.33. The lowest BCUT2D eigenvalue weighted by Gasteiger charge is -2.25. The third-order valence-corrected chi connectivity index (χ3v) is 4.23. The van der Waals surface area contributed by atoms with Crippen LogP contribution in [-0.4, -0.2) is 29.6 Å². The molecule has 0 atom stereocenters. The van der Waals surface area contributed by atoms with Gasteiger partial charge < -0.3 is 10.6 Å². The van der Waals surface area contributed by atoms with Crippen LogP contribution in [-0.2, 0) is 6.42 Å². The van der Waals surface area contributed by atoms with E-state index in [1.165, 1.54) is 44.9 Å². The molecule has 0 unspecified atom stereocenters. The van der Waals surface area contributed by atoms with Crippen molar-refractivity contribution in [3.8, 4) is 0 Å². The minimum Gasteiger partial charge on any atom is -0.354 e. The highest BCUT2D eigenvalue weighted by atomic mass is 15.2. The van der Waals surface area contributed by atoms with E-state index < -0.39 is 0 Å². The summed E-state index contributed by atoms with van der Waals surface area (Å²) in [5.41, 5.74) is 1.12. The van der Waals surface area contributed by atoms with Crippen LogP contribution in [0.4, 0.5) is 0 Å². The quantitative estimate of drug-likeness (QED) is 0.646. The van der Waals surface area contributed by atoms with E-state index in [1.807, 2.05) is 18.3 Å². The van der Waals surface area contributed by atoms with Gasteiger partial charge in [-0.2, -0.15) is 0 Å². The molecule has 21 heavy (non-hydrogen) atoms. The van der Waals surface area contributed by atoms with Crippen LogP contribution < -0.4 is 10.6 Å². The molecule has 2 saturated carbocycles. The topological polar surface area (TPSA) is 49.3 Å². The van der Waals surface area contributed by atoms with Crippen molar-refractivity contribution in [3.05, 3.63) is 30.1 Å². The summed E-state index contributed by atoms with van der Waals surface area (Å²) >= 11 is 0. The van der Waals surface area contributed by atoms with Crippen LogP contribution in [0.25, 0.3) is 0 Å². The standard InChI is InChI=1S/C17H26N4/c1-2-7-15(8-3-1)20-17(21-16-9-10-16)19-13-11-14-6-4-5-12-18-14/h4-6,12,15-16H,1-3,7-11,13H2,(H2,19,20,21). The number of hydrogen-bond donors (Lipinski definition) is 2. The third-order valence-electron chi connectivity index (χ3n) is 4.23. The fraction of sp³-hybridized carbons (Fsp3) is 0.647. The number of nitrogens with one attached hydrogen (secondary N) is 2.